The van der Waals surface area contributed by atoms with Crippen LogP contribution >= 0.6 is 19.1 Å². The van der Waals surface area contributed by atoms with Gasteiger partial charge in [0.2, 0.25) is 25.1 Å². The molecule has 0 saturated carbocycles. The minimum absolute atomic E-state index is 0.0157. The Balaban J connectivity index is 5.14. The standard InChI is InChI=1S/C34H60N3O7PS/c1-23(2)13-11-14-26(7)15-12-16-27(8)17-20-45(42,43)21-18-29(38)36-30(24(3)4)33(40)37-31(25(5)6)32(39)35-28(19-22-46-10)34(41)44-9/h13,15,17,24-25,28,30-31H,11-12,14,16,18-22H2,1-10H3,(H,35,39)(H,36,38)(H,37,40)(H,42,43)/b26-15+,27-17+/t28-,30-,31-/m0/s1. The molecule has 0 spiro atoms. The molecule has 0 rings (SSSR count). The minimum atomic E-state index is -3.60. The van der Waals surface area contributed by atoms with E-state index in [0.29, 0.717) is 12.2 Å². The van der Waals surface area contributed by atoms with Crippen molar-refractivity contribution in [2.75, 3.05) is 31.4 Å². The number of carbonyl (C=O) groups is 4. The third-order valence-corrected chi connectivity index (χ3v) is 9.78. The van der Waals surface area contributed by atoms with E-state index in [2.05, 4.69) is 48.9 Å². The fraction of sp³-hybridized carbons (Fsp3) is 0.706. The van der Waals surface area contributed by atoms with Gasteiger partial charge in [-0.15, -0.1) is 0 Å². The summed E-state index contributed by atoms with van der Waals surface area (Å²) in [6.07, 6.45) is 11.7. The zero-order valence-electron chi connectivity index (χ0n) is 29.7. The van der Waals surface area contributed by atoms with Crippen LogP contribution in [0.4, 0.5) is 0 Å². The predicted octanol–water partition coefficient (Wildman–Crippen LogP) is 5.76. The van der Waals surface area contributed by atoms with Gasteiger partial charge in [-0.05, 0) is 83.6 Å². The second-order valence-electron chi connectivity index (χ2n) is 12.8. The highest BCUT2D eigenvalue weighted by Crippen LogP contribution is 2.41. The molecule has 0 heterocycles. The summed E-state index contributed by atoms with van der Waals surface area (Å²) in [7, 11) is -2.35. The lowest BCUT2D eigenvalue weighted by molar-refractivity contribution is -0.145. The fourth-order valence-corrected chi connectivity index (χ4v) is 6.26. The fourth-order valence-electron chi connectivity index (χ4n) is 4.45. The molecular weight excluding hydrogens is 625 g/mol. The first-order chi connectivity index (χ1) is 21.4. The lowest BCUT2D eigenvalue weighted by Gasteiger charge is -2.28. The zero-order valence-corrected chi connectivity index (χ0v) is 31.4. The average molecular weight is 686 g/mol. The highest BCUT2D eigenvalue weighted by atomic mass is 32.2. The van der Waals surface area contributed by atoms with E-state index >= 15 is 0 Å². The summed E-state index contributed by atoms with van der Waals surface area (Å²) in [6, 6.07) is -2.77. The van der Waals surface area contributed by atoms with E-state index in [1.165, 1.54) is 30.0 Å². The number of ether oxygens (including phenoxy) is 1. The third kappa shape index (κ3) is 19.3. The molecule has 12 heteroatoms. The van der Waals surface area contributed by atoms with Gasteiger partial charge in [0, 0.05) is 18.7 Å². The van der Waals surface area contributed by atoms with Gasteiger partial charge in [-0.3, -0.25) is 18.9 Å². The summed E-state index contributed by atoms with van der Waals surface area (Å²) in [5.41, 5.74) is 3.66. The van der Waals surface area contributed by atoms with Gasteiger partial charge in [0.05, 0.1) is 7.11 Å². The highest BCUT2D eigenvalue weighted by molar-refractivity contribution is 7.98. The second-order valence-corrected chi connectivity index (χ2v) is 16.3. The topological polar surface area (TPSA) is 151 Å². The Morgan fingerprint density at radius 1 is 0.804 bits per heavy atom. The van der Waals surface area contributed by atoms with Crippen LogP contribution in [0, 0.1) is 11.8 Å². The van der Waals surface area contributed by atoms with Crippen molar-refractivity contribution in [3.05, 3.63) is 34.9 Å². The maximum Gasteiger partial charge on any atom is 0.328 e. The maximum atomic E-state index is 13.3. The SMILES string of the molecule is COC(=O)[C@H](CCSC)NC(=O)[C@@H](NC(=O)[C@@H](NC(=O)CCP(=O)(O)C/C=C(\C)CC/C=C(\C)CCC=C(C)C)C(C)C)C(C)C. The molecule has 0 aromatic heterocycles. The van der Waals surface area contributed by atoms with E-state index in [4.69, 9.17) is 4.74 Å². The normalized spacial score (nSPS) is 15.4. The summed E-state index contributed by atoms with van der Waals surface area (Å²) >= 11 is 1.53. The molecule has 0 bridgehead atoms. The van der Waals surface area contributed by atoms with Gasteiger partial charge < -0.3 is 25.6 Å². The first-order valence-corrected chi connectivity index (χ1v) is 19.6. The summed E-state index contributed by atoms with van der Waals surface area (Å²) in [6.45, 7) is 15.3. The van der Waals surface area contributed by atoms with E-state index in [0.717, 1.165) is 31.3 Å². The Kier molecular flexibility index (Phi) is 21.9. The van der Waals surface area contributed by atoms with Crippen molar-refractivity contribution >= 4 is 42.8 Å². The third-order valence-electron chi connectivity index (χ3n) is 7.46. The Morgan fingerprint density at radius 3 is 1.85 bits per heavy atom. The van der Waals surface area contributed by atoms with Gasteiger partial charge in [-0.1, -0.05) is 62.6 Å². The van der Waals surface area contributed by atoms with Crippen molar-refractivity contribution in [1.29, 1.82) is 0 Å². The second kappa shape index (κ2) is 23.0. The molecular formula is C34H60N3O7PS. The van der Waals surface area contributed by atoms with Gasteiger partial charge in [0.1, 0.15) is 18.1 Å². The molecule has 46 heavy (non-hydrogen) atoms. The van der Waals surface area contributed by atoms with Gasteiger partial charge in [0.25, 0.3) is 0 Å². The summed E-state index contributed by atoms with van der Waals surface area (Å²) in [4.78, 5) is 61.8. The summed E-state index contributed by atoms with van der Waals surface area (Å²) < 4.78 is 17.6. The number of nitrogens with one attached hydrogen (secondary N) is 3. The number of hydrogen-bond acceptors (Lipinski definition) is 7. The monoisotopic (exact) mass is 685 g/mol. The van der Waals surface area contributed by atoms with E-state index in [9.17, 15) is 28.6 Å². The van der Waals surface area contributed by atoms with Crippen molar-refractivity contribution < 1.29 is 33.4 Å². The lowest BCUT2D eigenvalue weighted by Crippen LogP contribution is -2.58. The molecule has 4 N–H and O–H groups in total. The van der Waals surface area contributed by atoms with E-state index in [1.807, 2.05) is 13.2 Å². The Bertz CT molecular complexity index is 1130. The van der Waals surface area contributed by atoms with Crippen molar-refractivity contribution in [3.8, 4) is 0 Å². The largest absolute Gasteiger partial charge is 0.467 e. The highest BCUT2D eigenvalue weighted by Gasteiger charge is 2.33. The van der Waals surface area contributed by atoms with E-state index < -0.39 is 49.2 Å². The molecule has 0 aliphatic heterocycles. The van der Waals surface area contributed by atoms with Crippen molar-refractivity contribution in [2.24, 2.45) is 11.8 Å². The Morgan fingerprint density at radius 2 is 1.33 bits per heavy atom. The minimum Gasteiger partial charge on any atom is -0.467 e. The molecule has 0 aliphatic carbocycles. The van der Waals surface area contributed by atoms with Crippen LogP contribution in [0.1, 0.15) is 93.9 Å². The molecule has 264 valence electrons. The lowest BCUT2D eigenvalue weighted by atomic mass is 9.99. The van der Waals surface area contributed by atoms with Crippen LogP contribution in [-0.2, 0) is 28.5 Å². The summed E-state index contributed by atoms with van der Waals surface area (Å²) in [5, 5.41) is 8.08. The Hall–Kier alpha value is -2.36. The summed E-state index contributed by atoms with van der Waals surface area (Å²) in [5.74, 6) is -2.16. The number of esters is 1. The number of amides is 3. The molecule has 3 amide bonds. The average Bonchev–Trinajstić information content (AvgIpc) is 2.97. The number of methoxy groups -OCH3 is 1. The van der Waals surface area contributed by atoms with Crippen LogP contribution in [0.3, 0.4) is 0 Å². The molecule has 10 nitrogen and oxygen atoms in total. The van der Waals surface area contributed by atoms with Crippen LogP contribution < -0.4 is 16.0 Å². The molecule has 0 saturated heterocycles. The van der Waals surface area contributed by atoms with Gasteiger partial charge in [-0.2, -0.15) is 11.8 Å². The van der Waals surface area contributed by atoms with Crippen molar-refractivity contribution in [1.82, 2.24) is 16.0 Å². The Labute approximate surface area is 281 Å². The molecule has 0 radical (unpaired) electrons. The zero-order chi connectivity index (χ0) is 35.4. The van der Waals surface area contributed by atoms with Gasteiger partial charge in [0.15, 0.2) is 0 Å². The number of allylic oxidation sites excluding steroid dienone is 6. The van der Waals surface area contributed by atoms with Crippen molar-refractivity contribution in [2.45, 2.75) is 112 Å². The van der Waals surface area contributed by atoms with E-state index in [1.54, 1.807) is 33.8 Å². The maximum absolute atomic E-state index is 13.3. The molecule has 0 fully saturated rings. The van der Waals surface area contributed by atoms with Gasteiger partial charge in [-0.25, -0.2) is 4.79 Å². The first kappa shape index (κ1) is 43.6. The van der Waals surface area contributed by atoms with Crippen LogP contribution in [0.25, 0.3) is 0 Å². The number of rotatable bonds is 22. The van der Waals surface area contributed by atoms with Crippen LogP contribution in [0.2, 0.25) is 0 Å². The molecule has 0 aromatic rings. The van der Waals surface area contributed by atoms with Gasteiger partial charge >= 0.3 is 5.97 Å². The molecule has 0 aromatic carbocycles. The molecule has 0 aliphatic rings. The smallest absolute Gasteiger partial charge is 0.328 e. The number of thioether (sulfide) groups is 1. The predicted molar refractivity (Wildman–Crippen MR) is 190 cm³/mol. The van der Waals surface area contributed by atoms with Crippen LogP contribution in [0.5, 0.6) is 0 Å². The number of carbonyl (C=O) groups excluding carboxylic acids is 4. The quantitative estimate of drug-likeness (QED) is 0.0639. The molecule has 4 atom stereocenters. The van der Waals surface area contributed by atoms with Crippen LogP contribution in [-0.4, -0.2) is 78.2 Å². The van der Waals surface area contributed by atoms with E-state index in [-0.39, 0.29) is 30.6 Å². The van der Waals surface area contributed by atoms with Crippen molar-refractivity contribution in [3.63, 3.8) is 0 Å². The first-order valence-electron chi connectivity index (χ1n) is 16.2. The molecule has 1 unspecified atom stereocenters. The number of hydrogen-bond donors (Lipinski definition) is 4. The van der Waals surface area contributed by atoms with Crippen LogP contribution in [0.15, 0.2) is 34.9 Å².